The summed E-state index contributed by atoms with van der Waals surface area (Å²) >= 11 is 0. The minimum absolute atomic E-state index is 0.196. The van der Waals surface area contributed by atoms with Crippen molar-refractivity contribution < 1.29 is 9.90 Å². The van der Waals surface area contributed by atoms with Crippen LogP contribution in [0.2, 0.25) is 0 Å². The van der Waals surface area contributed by atoms with E-state index in [0.29, 0.717) is 12.6 Å². The van der Waals surface area contributed by atoms with Crippen molar-refractivity contribution in [2.24, 2.45) is 0 Å². The maximum Gasteiger partial charge on any atom is 0.304 e. The van der Waals surface area contributed by atoms with Crippen LogP contribution in [0.15, 0.2) is 24.3 Å². The number of anilines is 1. The highest BCUT2D eigenvalue weighted by Crippen LogP contribution is 2.21. The Labute approximate surface area is 114 Å². The standard InChI is InChI=1S/C15H22N2O2/c1-2-12-3-5-14(6-4-12)17-10-8-13(11-17)16-9-7-15(18)19/h3-6,13,16H,2,7-11H2,1H3,(H,18,19). The van der Waals surface area contributed by atoms with Crippen molar-refractivity contribution in [1.82, 2.24) is 5.32 Å². The van der Waals surface area contributed by atoms with E-state index < -0.39 is 5.97 Å². The zero-order valence-corrected chi connectivity index (χ0v) is 11.4. The number of nitrogens with zero attached hydrogens (tertiary/aromatic N) is 1. The Balaban J connectivity index is 1.81. The number of rotatable bonds is 6. The number of hydrogen-bond donors (Lipinski definition) is 2. The van der Waals surface area contributed by atoms with Gasteiger partial charge in [0.1, 0.15) is 0 Å². The molecule has 104 valence electrons. The van der Waals surface area contributed by atoms with Crippen molar-refractivity contribution in [1.29, 1.82) is 0 Å². The molecule has 1 saturated heterocycles. The molecule has 0 aromatic heterocycles. The first-order valence-corrected chi connectivity index (χ1v) is 6.98. The van der Waals surface area contributed by atoms with Crippen LogP contribution in [0, 0.1) is 0 Å². The first kappa shape index (κ1) is 13.9. The molecule has 2 N–H and O–H groups in total. The van der Waals surface area contributed by atoms with Gasteiger partial charge in [-0.2, -0.15) is 0 Å². The minimum Gasteiger partial charge on any atom is -0.481 e. The van der Waals surface area contributed by atoms with Gasteiger partial charge in [0, 0.05) is 31.4 Å². The van der Waals surface area contributed by atoms with E-state index in [0.717, 1.165) is 25.9 Å². The van der Waals surface area contributed by atoms with Crippen molar-refractivity contribution >= 4 is 11.7 Å². The van der Waals surface area contributed by atoms with Crippen LogP contribution in [0.1, 0.15) is 25.3 Å². The van der Waals surface area contributed by atoms with Gasteiger partial charge in [-0.1, -0.05) is 19.1 Å². The van der Waals surface area contributed by atoms with Crippen LogP contribution in [-0.2, 0) is 11.2 Å². The van der Waals surface area contributed by atoms with Gasteiger partial charge in [0.25, 0.3) is 0 Å². The summed E-state index contributed by atoms with van der Waals surface area (Å²) in [5.41, 5.74) is 2.62. The second-order valence-electron chi connectivity index (χ2n) is 5.05. The Morgan fingerprint density at radius 2 is 2.16 bits per heavy atom. The van der Waals surface area contributed by atoms with Crippen molar-refractivity contribution in [2.75, 3.05) is 24.5 Å². The predicted octanol–water partition coefficient (Wildman–Crippen LogP) is 1.89. The summed E-state index contributed by atoms with van der Waals surface area (Å²) in [6.45, 7) is 4.72. The molecule has 0 radical (unpaired) electrons. The molecule has 1 atom stereocenters. The number of aryl methyl sites for hydroxylation is 1. The van der Waals surface area contributed by atoms with Crippen molar-refractivity contribution in [3.63, 3.8) is 0 Å². The molecule has 2 rings (SSSR count). The summed E-state index contributed by atoms with van der Waals surface area (Å²) in [6, 6.07) is 9.13. The maximum atomic E-state index is 10.5. The first-order chi connectivity index (χ1) is 9.19. The Hall–Kier alpha value is -1.55. The Morgan fingerprint density at radius 3 is 2.79 bits per heavy atom. The molecule has 1 aromatic rings. The van der Waals surface area contributed by atoms with E-state index in [9.17, 15) is 4.79 Å². The third-order valence-corrected chi connectivity index (χ3v) is 3.67. The molecule has 1 aliphatic heterocycles. The van der Waals surface area contributed by atoms with E-state index in [2.05, 4.69) is 41.4 Å². The predicted molar refractivity (Wildman–Crippen MR) is 76.7 cm³/mol. The summed E-state index contributed by atoms with van der Waals surface area (Å²) in [5.74, 6) is -0.738. The lowest BCUT2D eigenvalue weighted by Crippen LogP contribution is -2.33. The van der Waals surface area contributed by atoms with E-state index in [1.165, 1.54) is 11.3 Å². The van der Waals surface area contributed by atoms with Gasteiger partial charge in [-0.05, 0) is 30.5 Å². The topological polar surface area (TPSA) is 52.6 Å². The van der Waals surface area contributed by atoms with Crippen LogP contribution in [0.4, 0.5) is 5.69 Å². The number of carbonyl (C=O) groups is 1. The molecular weight excluding hydrogens is 240 g/mol. The summed E-state index contributed by atoms with van der Waals surface area (Å²) in [5, 5.41) is 11.9. The molecule has 0 aliphatic carbocycles. The van der Waals surface area contributed by atoms with Crippen molar-refractivity contribution in [3.05, 3.63) is 29.8 Å². The summed E-state index contributed by atoms with van der Waals surface area (Å²) in [4.78, 5) is 12.8. The molecule has 1 aromatic carbocycles. The second kappa shape index (κ2) is 6.57. The number of benzene rings is 1. The van der Waals surface area contributed by atoms with Crippen LogP contribution >= 0.6 is 0 Å². The number of nitrogens with one attached hydrogen (secondary N) is 1. The molecule has 19 heavy (non-hydrogen) atoms. The molecule has 0 spiro atoms. The average molecular weight is 262 g/mol. The number of carboxylic acid groups (broad SMARTS) is 1. The smallest absolute Gasteiger partial charge is 0.304 e. The third kappa shape index (κ3) is 3.96. The molecule has 0 bridgehead atoms. The molecule has 1 aliphatic rings. The molecule has 4 nitrogen and oxygen atoms in total. The van der Waals surface area contributed by atoms with Crippen LogP contribution in [0.5, 0.6) is 0 Å². The fraction of sp³-hybridized carbons (Fsp3) is 0.533. The number of aliphatic carboxylic acids is 1. The zero-order chi connectivity index (χ0) is 13.7. The average Bonchev–Trinajstić information content (AvgIpc) is 2.87. The SMILES string of the molecule is CCc1ccc(N2CCC(NCCC(=O)O)C2)cc1. The Morgan fingerprint density at radius 1 is 1.42 bits per heavy atom. The van der Waals surface area contributed by atoms with E-state index >= 15 is 0 Å². The summed E-state index contributed by atoms with van der Waals surface area (Å²) in [7, 11) is 0. The van der Waals surface area contributed by atoms with Crippen LogP contribution < -0.4 is 10.2 Å². The molecule has 1 fully saturated rings. The molecule has 1 heterocycles. The Kier molecular flexibility index (Phi) is 4.80. The number of hydrogen-bond acceptors (Lipinski definition) is 3. The lowest BCUT2D eigenvalue weighted by Gasteiger charge is -2.19. The lowest BCUT2D eigenvalue weighted by atomic mass is 10.1. The van der Waals surface area contributed by atoms with Crippen LogP contribution in [0.3, 0.4) is 0 Å². The largest absolute Gasteiger partial charge is 0.481 e. The van der Waals surface area contributed by atoms with Gasteiger partial charge in [0.05, 0.1) is 6.42 Å². The van der Waals surface area contributed by atoms with Crippen molar-refractivity contribution in [3.8, 4) is 0 Å². The van der Waals surface area contributed by atoms with Gasteiger partial charge in [-0.15, -0.1) is 0 Å². The molecular formula is C15H22N2O2. The third-order valence-electron chi connectivity index (χ3n) is 3.67. The quantitative estimate of drug-likeness (QED) is 0.822. The van der Waals surface area contributed by atoms with Gasteiger partial charge in [-0.25, -0.2) is 0 Å². The lowest BCUT2D eigenvalue weighted by molar-refractivity contribution is -0.136. The second-order valence-corrected chi connectivity index (χ2v) is 5.05. The normalized spacial score (nSPS) is 18.8. The zero-order valence-electron chi connectivity index (χ0n) is 11.4. The highest BCUT2D eigenvalue weighted by Gasteiger charge is 2.22. The summed E-state index contributed by atoms with van der Waals surface area (Å²) in [6.07, 6.45) is 2.34. The fourth-order valence-electron chi connectivity index (χ4n) is 2.49. The molecule has 0 amide bonds. The van der Waals surface area contributed by atoms with Crippen LogP contribution in [0.25, 0.3) is 0 Å². The highest BCUT2D eigenvalue weighted by molar-refractivity contribution is 5.66. The molecule has 0 saturated carbocycles. The van der Waals surface area contributed by atoms with Gasteiger partial charge >= 0.3 is 5.97 Å². The van der Waals surface area contributed by atoms with E-state index in [4.69, 9.17) is 5.11 Å². The van der Waals surface area contributed by atoms with Crippen molar-refractivity contribution in [2.45, 2.75) is 32.2 Å². The van der Waals surface area contributed by atoms with Gasteiger partial charge < -0.3 is 15.3 Å². The Bertz CT molecular complexity index is 417. The van der Waals surface area contributed by atoms with E-state index in [-0.39, 0.29) is 6.42 Å². The maximum absolute atomic E-state index is 10.5. The molecule has 4 heteroatoms. The molecule has 1 unspecified atom stereocenters. The highest BCUT2D eigenvalue weighted by atomic mass is 16.4. The fourth-order valence-corrected chi connectivity index (χ4v) is 2.49. The van der Waals surface area contributed by atoms with Gasteiger partial charge in [0.15, 0.2) is 0 Å². The van der Waals surface area contributed by atoms with Crippen LogP contribution in [-0.4, -0.2) is 36.8 Å². The number of carboxylic acids is 1. The van der Waals surface area contributed by atoms with Gasteiger partial charge in [-0.3, -0.25) is 4.79 Å². The monoisotopic (exact) mass is 262 g/mol. The van der Waals surface area contributed by atoms with Gasteiger partial charge in [0.2, 0.25) is 0 Å². The van der Waals surface area contributed by atoms with E-state index in [1.54, 1.807) is 0 Å². The van der Waals surface area contributed by atoms with E-state index in [1.807, 2.05) is 0 Å². The first-order valence-electron chi connectivity index (χ1n) is 6.98. The summed E-state index contributed by atoms with van der Waals surface area (Å²) < 4.78 is 0. The minimum atomic E-state index is -0.738.